The molecule has 1 saturated heterocycles. The van der Waals surface area contributed by atoms with Gasteiger partial charge in [0.05, 0.1) is 6.04 Å². The van der Waals surface area contributed by atoms with Crippen LogP contribution in [0.25, 0.3) is 0 Å². The molecule has 1 aromatic rings. The van der Waals surface area contributed by atoms with E-state index >= 15 is 0 Å². The second-order valence-corrected chi connectivity index (χ2v) is 7.14. The van der Waals surface area contributed by atoms with Gasteiger partial charge in [-0.05, 0) is 23.0 Å². The maximum absolute atomic E-state index is 12.4. The second kappa shape index (κ2) is 8.14. The zero-order valence-electron chi connectivity index (χ0n) is 15.3. The highest BCUT2D eigenvalue weighted by molar-refractivity contribution is 5.98. The highest BCUT2D eigenvalue weighted by Crippen LogP contribution is 2.24. The Bertz CT molecular complexity index is 638. The fourth-order valence-electron chi connectivity index (χ4n) is 2.87. The topological polar surface area (TPSA) is 78.5 Å². The molecule has 1 fully saturated rings. The molecule has 0 spiro atoms. The van der Waals surface area contributed by atoms with Crippen LogP contribution in [0.15, 0.2) is 24.3 Å². The first kappa shape index (κ1) is 19.0. The van der Waals surface area contributed by atoms with Gasteiger partial charge in [-0.15, -0.1) is 0 Å². The lowest BCUT2D eigenvalue weighted by atomic mass is 9.93. The number of carbonyl (C=O) groups excluding carboxylic acids is 3. The molecule has 0 saturated carbocycles. The standard InChI is InChI=1S/C19H27N3O3/c1-12(2)14-5-7-15(8-6-14)18(13(3)4)20-17(24)11-22-10-9-16(23)21-19(22)25/h5-8,12-13,18H,9-11H2,1-4H3,(H,20,24)(H,21,23,25). The van der Waals surface area contributed by atoms with Gasteiger partial charge in [-0.25, -0.2) is 4.79 Å². The fourth-order valence-corrected chi connectivity index (χ4v) is 2.87. The van der Waals surface area contributed by atoms with Gasteiger partial charge in [0.2, 0.25) is 11.8 Å². The minimum Gasteiger partial charge on any atom is -0.347 e. The lowest BCUT2D eigenvalue weighted by Crippen LogP contribution is -2.52. The first-order valence-electron chi connectivity index (χ1n) is 8.76. The van der Waals surface area contributed by atoms with Crippen LogP contribution in [0.4, 0.5) is 4.79 Å². The molecule has 0 radical (unpaired) electrons. The number of urea groups is 1. The highest BCUT2D eigenvalue weighted by Gasteiger charge is 2.26. The Morgan fingerprint density at radius 2 is 1.72 bits per heavy atom. The maximum Gasteiger partial charge on any atom is 0.324 e. The first-order chi connectivity index (χ1) is 11.8. The number of nitrogens with zero attached hydrogens (tertiary/aromatic N) is 1. The first-order valence-corrected chi connectivity index (χ1v) is 8.76. The van der Waals surface area contributed by atoms with Gasteiger partial charge in [-0.2, -0.15) is 0 Å². The molecule has 1 aliphatic heterocycles. The zero-order chi connectivity index (χ0) is 18.6. The number of hydrogen-bond donors (Lipinski definition) is 2. The quantitative estimate of drug-likeness (QED) is 0.832. The smallest absolute Gasteiger partial charge is 0.324 e. The Morgan fingerprint density at radius 1 is 1.12 bits per heavy atom. The third-order valence-electron chi connectivity index (χ3n) is 4.42. The average molecular weight is 345 g/mol. The molecular formula is C19H27N3O3. The maximum atomic E-state index is 12.4. The highest BCUT2D eigenvalue weighted by atomic mass is 16.2. The van der Waals surface area contributed by atoms with Gasteiger partial charge in [0.15, 0.2) is 0 Å². The van der Waals surface area contributed by atoms with Crippen molar-refractivity contribution in [2.75, 3.05) is 13.1 Å². The third kappa shape index (κ3) is 5.05. The number of imide groups is 1. The van der Waals surface area contributed by atoms with Crippen LogP contribution in [0, 0.1) is 5.92 Å². The summed E-state index contributed by atoms with van der Waals surface area (Å²) in [5, 5.41) is 5.24. The average Bonchev–Trinajstić information content (AvgIpc) is 2.55. The van der Waals surface area contributed by atoms with E-state index in [2.05, 4.69) is 36.6 Å². The van der Waals surface area contributed by atoms with E-state index in [0.29, 0.717) is 5.92 Å². The summed E-state index contributed by atoms with van der Waals surface area (Å²) in [5.74, 6) is 0.148. The minimum absolute atomic E-state index is 0.0492. The van der Waals surface area contributed by atoms with Crippen molar-refractivity contribution in [2.24, 2.45) is 5.92 Å². The van der Waals surface area contributed by atoms with E-state index < -0.39 is 6.03 Å². The van der Waals surface area contributed by atoms with Crippen molar-refractivity contribution in [1.29, 1.82) is 0 Å². The summed E-state index contributed by atoms with van der Waals surface area (Å²) in [6, 6.07) is 7.65. The van der Waals surface area contributed by atoms with Crippen LogP contribution in [0.5, 0.6) is 0 Å². The molecule has 6 nitrogen and oxygen atoms in total. The van der Waals surface area contributed by atoms with Crippen molar-refractivity contribution < 1.29 is 14.4 Å². The summed E-state index contributed by atoms with van der Waals surface area (Å²) in [7, 11) is 0. The molecule has 1 unspecified atom stereocenters. The Labute approximate surface area is 149 Å². The minimum atomic E-state index is -0.506. The molecule has 0 aromatic heterocycles. The van der Waals surface area contributed by atoms with Crippen molar-refractivity contribution in [3.05, 3.63) is 35.4 Å². The molecule has 1 aliphatic rings. The Morgan fingerprint density at radius 3 is 2.24 bits per heavy atom. The molecule has 1 aromatic carbocycles. The number of benzene rings is 1. The Kier molecular flexibility index (Phi) is 6.17. The molecule has 0 bridgehead atoms. The van der Waals surface area contributed by atoms with Gasteiger partial charge in [0.25, 0.3) is 0 Å². The van der Waals surface area contributed by atoms with Gasteiger partial charge in [0.1, 0.15) is 6.54 Å². The fraction of sp³-hybridized carbons (Fsp3) is 0.526. The summed E-state index contributed by atoms with van der Waals surface area (Å²) in [5.41, 5.74) is 2.30. The number of hydrogen-bond acceptors (Lipinski definition) is 3. The van der Waals surface area contributed by atoms with Crippen LogP contribution in [0.1, 0.15) is 57.2 Å². The van der Waals surface area contributed by atoms with Crippen LogP contribution in [0.3, 0.4) is 0 Å². The van der Waals surface area contributed by atoms with Crippen LogP contribution in [-0.2, 0) is 9.59 Å². The number of nitrogens with one attached hydrogen (secondary N) is 2. The van der Waals surface area contributed by atoms with Crippen molar-refractivity contribution in [1.82, 2.24) is 15.5 Å². The van der Waals surface area contributed by atoms with Gasteiger partial charge in [0, 0.05) is 13.0 Å². The van der Waals surface area contributed by atoms with E-state index in [1.54, 1.807) is 0 Å². The molecule has 1 atom stereocenters. The van der Waals surface area contributed by atoms with E-state index in [0.717, 1.165) is 5.56 Å². The predicted octanol–water partition coefficient (Wildman–Crippen LogP) is 2.57. The lowest BCUT2D eigenvalue weighted by Gasteiger charge is -2.28. The van der Waals surface area contributed by atoms with E-state index in [1.165, 1.54) is 10.5 Å². The van der Waals surface area contributed by atoms with Crippen molar-refractivity contribution in [3.8, 4) is 0 Å². The molecular weight excluding hydrogens is 318 g/mol. The molecule has 6 heteroatoms. The summed E-state index contributed by atoms with van der Waals surface area (Å²) < 4.78 is 0. The number of rotatable bonds is 6. The predicted molar refractivity (Wildman–Crippen MR) is 96.0 cm³/mol. The van der Waals surface area contributed by atoms with Crippen LogP contribution >= 0.6 is 0 Å². The number of carbonyl (C=O) groups is 3. The Balaban J connectivity index is 2.02. The van der Waals surface area contributed by atoms with Crippen LogP contribution in [-0.4, -0.2) is 35.8 Å². The van der Waals surface area contributed by atoms with E-state index in [1.807, 2.05) is 26.0 Å². The van der Waals surface area contributed by atoms with Gasteiger partial charge < -0.3 is 10.2 Å². The summed E-state index contributed by atoms with van der Waals surface area (Å²) in [4.78, 5) is 36.7. The molecule has 4 amide bonds. The molecule has 25 heavy (non-hydrogen) atoms. The monoisotopic (exact) mass is 345 g/mol. The van der Waals surface area contributed by atoms with E-state index in [-0.39, 0.29) is 43.3 Å². The van der Waals surface area contributed by atoms with Gasteiger partial charge >= 0.3 is 6.03 Å². The molecule has 2 rings (SSSR count). The Hall–Kier alpha value is -2.37. The molecule has 136 valence electrons. The van der Waals surface area contributed by atoms with Crippen molar-refractivity contribution in [2.45, 2.75) is 46.1 Å². The second-order valence-electron chi connectivity index (χ2n) is 7.14. The van der Waals surface area contributed by atoms with Crippen molar-refractivity contribution >= 4 is 17.8 Å². The summed E-state index contributed by atoms with van der Waals surface area (Å²) in [6.07, 6.45) is 0.225. The number of amides is 4. The lowest BCUT2D eigenvalue weighted by molar-refractivity contribution is -0.125. The zero-order valence-corrected chi connectivity index (χ0v) is 15.3. The SMILES string of the molecule is CC(C)c1ccc(C(NC(=O)CN2CCC(=O)NC2=O)C(C)C)cc1. The van der Waals surface area contributed by atoms with E-state index in [9.17, 15) is 14.4 Å². The largest absolute Gasteiger partial charge is 0.347 e. The molecule has 2 N–H and O–H groups in total. The molecule has 1 heterocycles. The summed E-state index contributed by atoms with van der Waals surface area (Å²) >= 11 is 0. The normalized spacial score (nSPS) is 16.2. The van der Waals surface area contributed by atoms with Gasteiger partial charge in [-0.1, -0.05) is 52.0 Å². The third-order valence-corrected chi connectivity index (χ3v) is 4.42. The molecule has 0 aliphatic carbocycles. The van der Waals surface area contributed by atoms with Crippen LogP contribution in [0.2, 0.25) is 0 Å². The van der Waals surface area contributed by atoms with E-state index in [4.69, 9.17) is 0 Å². The van der Waals surface area contributed by atoms with Gasteiger partial charge in [-0.3, -0.25) is 14.9 Å². The van der Waals surface area contributed by atoms with Crippen LogP contribution < -0.4 is 10.6 Å². The van der Waals surface area contributed by atoms with Crippen molar-refractivity contribution in [3.63, 3.8) is 0 Å². The summed E-state index contributed by atoms with van der Waals surface area (Å²) in [6.45, 7) is 8.61.